The van der Waals surface area contributed by atoms with E-state index in [0.717, 1.165) is 36.3 Å². The Bertz CT molecular complexity index is 398. The molecule has 1 aromatic rings. The minimum Gasteiger partial charge on any atom is -0.493 e. The first-order chi connectivity index (χ1) is 8.31. The Hall–Kier alpha value is -1.35. The lowest BCUT2D eigenvalue weighted by Crippen LogP contribution is -2.02. The lowest BCUT2D eigenvalue weighted by atomic mass is 10.0. The number of hydrogen-bond acceptors (Lipinski definition) is 3. The van der Waals surface area contributed by atoms with Crippen molar-refractivity contribution in [3.05, 3.63) is 29.3 Å². The van der Waals surface area contributed by atoms with Gasteiger partial charge in [-0.2, -0.15) is 0 Å². The van der Waals surface area contributed by atoms with Gasteiger partial charge in [-0.1, -0.05) is 0 Å². The predicted octanol–water partition coefficient (Wildman–Crippen LogP) is 2.62. The summed E-state index contributed by atoms with van der Waals surface area (Å²) < 4.78 is 10.6. The van der Waals surface area contributed by atoms with Crippen LogP contribution in [0.5, 0.6) is 5.75 Å². The highest BCUT2D eigenvalue weighted by Gasteiger charge is 2.14. The number of rotatable bonds is 6. The first-order valence-electron chi connectivity index (χ1n) is 6.18. The number of ether oxygens (including phenoxy) is 2. The van der Waals surface area contributed by atoms with Crippen LogP contribution in [0.3, 0.4) is 0 Å². The van der Waals surface area contributed by atoms with Crippen molar-refractivity contribution in [3.63, 3.8) is 0 Å². The van der Waals surface area contributed by atoms with Gasteiger partial charge in [-0.3, -0.25) is 4.79 Å². The summed E-state index contributed by atoms with van der Waals surface area (Å²) in [6, 6.07) is 5.72. The molecule has 0 N–H and O–H groups in total. The zero-order chi connectivity index (χ0) is 12.1. The van der Waals surface area contributed by atoms with Crippen molar-refractivity contribution < 1.29 is 14.3 Å². The Kier molecular flexibility index (Phi) is 4.15. The van der Waals surface area contributed by atoms with Gasteiger partial charge in [-0.15, -0.1) is 0 Å². The van der Waals surface area contributed by atoms with Gasteiger partial charge < -0.3 is 9.47 Å². The molecule has 0 saturated carbocycles. The maximum absolute atomic E-state index is 11.9. The second-order valence-corrected chi connectivity index (χ2v) is 4.14. The Balaban J connectivity index is 1.91. The van der Waals surface area contributed by atoms with Crippen LogP contribution in [0.1, 0.15) is 35.7 Å². The van der Waals surface area contributed by atoms with Crippen molar-refractivity contribution >= 4 is 5.78 Å². The van der Waals surface area contributed by atoms with Crippen LogP contribution in [0.4, 0.5) is 0 Å². The van der Waals surface area contributed by atoms with E-state index in [-0.39, 0.29) is 5.78 Å². The van der Waals surface area contributed by atoms with Gasteiger partial charge in [0.2, 0.25) is 0 Å². The number of fused-ring (bicyclic) bond motifs is 1. The van der Waals surface area contributed by atoms with Crippen molar-refractivity contribution in [3.8, 4) is 5.75 Å². The molecule has 2 rings (SSSR count). The molecule has 0 unspecified atom stereocenters. The van der Waals surface area contributed by atoms with E-state index < -0.39 is 0 Å². The van der Waals surface area contributed by atoms with Crippen LogP contribution in [-0.2, 0) is 11.2 Å². The first-order valence-corrected chi connectivity index (χ1v) is 6.18. The van der Waals surface area contributed by atoms with E-state index in [2.05, 4.69) is 0 Å². The molecule has 3 nitrogen and oxygen atoms in total. The standard InChI is InChI=1S/C14H18O3/c1-2-16-8-3-4-13(15)11-5-6-14-12(10-11)7-9-17-14/h5-6,10H,2-4,7-9H2,1H3. The summed E-state index contributed by atoms with van der Waals surface area (Å²) in [6.07, 6.45) is 2.26. The molecule has 0 fully saturated rings. The van der Waals surface area contributed by atoms with Gasteiger partial charge in [0, 0.05) is 31.6 Å². The molecule has 0 spiro atoms. The molecule has 1 aliphatic heterocycles. The maximum atomic E-state index is 11.9. The van der Waals surface area contributed by atoms with Crippen LogP contribution < -0.4 is 4.74 Å². The Labute approximate surface area is 102 Å². The highest BCUT2D eigenvalue weighted by atomic mass is 16.5. The smallest absolute Gasteiger partial charge is 0.162 e. The third-order valence-corrected chi connectivity index (χ3v) is 2.91. The van der Waals surface area contributed by atoms with Gasteiger partial charge in [-0.05, 0) is 37.1 Å². The van der Waals surface area contributed by atoms with E-state index in [1.165, 1.54) is 0 Å². The Morgan fingerprint density at radius 3 is 3.18 bits per heavy atom. The predicted molar refractivity (Wildman–Crippen MR) is 65.7 cm³/mol. The lowest BCUT2D eigenvalue weighted by Gasteiger charge is -2.04. The van der Waals surface area contributed by atoms with Crippen LogP contribution in [-0.4, -0.2) is 25.6 Å². The van der Waals surface area contributed by atoms with Crippen LogP contribution in [0.2, 0.25) is 0 Å². The van der Waals surface area contributed by atoms with Gasteiger partial charge in [-0.25, -0.2) is 0 Å². The van der Waals surface area contributed by atoms with Gasteiger partial charge in [0.25, 0.3) is 0 Å². The van der Waals surface area contributed by atoms with Crippen molar-refractivity contribution in [1.82, 2.24) is 0 Å². The normalized spacial score (nSPS) is 13.2. The maximum Gasteiger partial charge on any atom is 0.162 e. The van der Waals surface area contributed by atoms with Crippen LogP contribution >= 0.6 is 0 Å². The van der Waals surface area contributed by atoms with E-state index in [1.807, 2.05) is 25.1 Å². The number of hydrogen-bond donors (Lipinski definition) is 0. The zero-order valence-corrected chi connectivity index (χ0v) is 10.2. The zero-order valence-electron chi connectivity index (χ0n) is 10.2. The minimum atomic E-state index is 0.194. The van der Waals surface area contributed by atoms with Gasteiger partial charge in [0.15, 0.2) is 5.78 Å². The van der Waals surface area contributed by atoms with Crippen LogP contribution in [0, 0.1) is 0 Å². The third-order valence-electron chi connectivity index (χ3n) is 2.91. The van der Waals surface area contributed by atoms with E-state index in [0.29, 0.717) is 19.6 Å². The molecule has 0 radical (unpaired) electrons. The summed E-state index contributed by atoms with van der Waals surface area (Å²) in [5.41, 5.74) is 1.95. The molecular formula is C14H18O3. The molecule has 0 bridgehead atoms. The van der Waals surface area contributed by atoms with Crippen molar-refractivity contribution in [2.45, 2.75) is 26.2 Å². The fourth-order valence-corrected chi connectivity index (χ4v) is 1.98. The SMILES string of the molecule is CCOCCCC(=O)c1ccc2c(c1)CCO2. The number of Topliss-reactive ketones (excluding diaryl/α,β-unsaturated/α-hetero) is 1. The molecule has 1 heterocycles. The van der Waals surface area contributed by atoms with Gasteiger partial charge >= 0.3 is 0 Å². The first kappa shape index (κ1) is 12.1. The monoisotopic (exact) mass is 234 g/mol. The summed E-state index contributed by atoms with van der Waals surface area (Å²) in [6.45, 7) is 4.07. The largest absolute Gasteiger partial charge is 0.493 e. The molecular weight excluding hydrogens is 216 g/mol. The highest BCUT2D eigenvalue weighted by Crippen LogP contribution is 2.26. The second kappa shape index (κ2) is 5.82. The number of ketones is 1. The van der Waals surface area contributed by atoms with Gasteiger partial charge in [0.05, 0.1) is 6.61 Å². The summed E-state index contributed by atoms with van der Waals surface area (Å²) in [7, 11) is 0. The topological polar surface area (TPSA) is 35.5 Å². The van der Waals surface area contributed by atoms with Crippen LogP contribution in [0.25, 0.3) is 0 Å². The quantitative estimate of drug-likeness (QED) is 0.560. The second-order valence-electron chi connectivity index (χ2n) is 4.14. The molecule has 1 aliphatic rings. The average Bonchev–Trinajstić information content (AvgIpc) is 2.81. The summed E-state index contributed by atoms with van der Waals surface area (Å²) in [5, 5.41) is 0. The van der Waals surface area contributed by atoms with Crippen LogP contribution in [0.15, 0.2) is 18.2 Å². The molecule has 0 aliphatic carbocycles. The van der Waals surface area contributed by atoms with E-state index in [9.17, 15) is 4.79 Å². The fraction of sp³-hybridized carbons (Fsp3) is 0.500. The Morgan fingerprint density at radius 1 is 1.47 bits per heavy atom. The molecule has 0 atom stereocenters. The van der Waals surface area contributed by atoms with Crippen molar-refractivity contribution in [2.24, 2.45) is 0 Å². The average molecular weight is 234 g/mol. The number of benzene rings is 1. The highest BCUT2D eigenvalue weighted by molar-refractivity contribution is 5.96. The van der Waals surface area contributed by atoms with E-state index in [1.54, 1.807) is 0 Å². The molecule has 17 heavy (non-hydrogen) atoms. The Morgan fingerprint density at radius 2 is 2.35 bits per heavy atom. The number of carbonyl (C=O) groups excluding carboxylic acids is 1. The van der Waals surface area contributed by atoms with Gasteiger partial charge in [0.1, 0.15) is 5.75 Å². The summed E-state index contributed by atoms with van der Waals surface area (Å²) >= 11 is 0. The minimum absolute atomic E-state index is 0.194. The van der Waals surface area contributed by atoms with E-state index >= 15 is 0 Å². The lowest BCUT2D eigenvalue weighted by molar-refractivity contribution is 0.0947. The third kappa shape index (κ3) is 3.07. The fourth-order valence-electron chi connectivity index (χ4n) is 1.98. The molecule has 0 amide bonds. The molecule has 0 saturated heterocycles. The van der Waals surface area contributed by atoms with Crippen molar-refractivity contribution in [1.29, 1.82) is 0 Å². The van der Waals surface area contributed by atoms with E-state index in [4.69, 9.17) is 9.47 Å². The number of carbonyl (C=O) groups is 1. The molecule has 3 heteroatoms. The van der Waals surface area contributed by atoms with Crippen molar-refractivity contribution in [2.75, 3.05) is 19.8 Å². The summed E-state index contributed by atoms with van der Waals surface area (Å²) in [4.78, 5) is 11.9. The summed E-state index contributed by atoms with van der Waals surface area (Å²) in [5.74, 6) is 1.12. The molecule has 92 valence electrons. The molecule has 0 aromatic heterocycles. The molecule has 1 aromatic carbocycles.